The van der Waals surface area contributed by atoms with Crippen molar-refractivity contribution in [2.24, 2.45) is 5.16 Å². The minimum Gasteiger partial charge on any atom is -0.399 e. The van der Waals surface area contributed by atoms with E-state index < -0.39 is 0 Å². The Labute approximate surface area is 50.5 Å². The van der Waals surface area contributed by atoms with Crippen LogP contribution in [0.25, 0.3) is 0 Å². The molecule has 0 saturated carbocycles. The van der Waals surface area contributed by atoms with Gasteiger partial charge in [0.2, 0.25) is 0 Å². The molecule has 0 aromatic rings. The minimum atomic E-state index is 1.04. The van der Waals surface area contributed by atoms with Crippen LogP contribution in [0.3, 0.4) is 0 Å². The van der Waals surface area contributed by atoms with Crippen molar-refractivity contribution in [3.63, 3.8) is 0 Å². The van der Waals surface area contributed by atoms with E-state index in [1.807, 2.05) is 6.92 Å². The molecule has 2 heteroatoms. The molecule has 0 amide bonds. The highest BCUT2D eigenvalue weighted by molar-refractivity contribution is 5.81. The maximum absolute atomic E-state index is 4.54. The molecule has 0 fully saturated rings. The predicted molar refractivity (Wildman–Crippen MR) is 35.0 cm³/mol. The van der Waals surface area contributed by atoms with Crippen molar-refractivity contribution < 1.29 is 4.84 Å². The summed E-state index contributed by atoms with van der Waals surface area (Å²) in [6.07, 6.45) is 2.17. The van der Waals surface area contributed by atoms with Gasteiger partial charge in [-0.05, 0) is 13.3 Å². The van der Waals surface area contributed by atoms with Gasteiger partial charge >= 0.3 is 0 Å². The molecule has 0 unspecified atom stereocenters. The summed E-state index contributed by atoms with van der Waals surface area (Å²) in [7, 11) is 1.57. The van der Waals surface area contributed by atoms with Crippen LogP contribution >= 0.6 is 0 Å². The SMILES string of the molecule is CCC/C(C)=N\OC. The predicted octanol–water partition coefficient (Wildman–Crippen LogP) is 1.81. The van der Waals surface area contributed by atoms with Crippen molar-refractivity contribution in [2.45, 2.75) is 26.7 Å². The lowest BCUT2D eigenvalue weighted by molar-refractivity contribution is 0.212. The maximum Gasteiger partial charge on any atom is 0.106 e. The van der Waals surface area contributed by atoms with Crippen LogP contribution in [-0.2, 0) is 4.84 Å². The summed E-state index contributed by atoms with van der Waals surface area (Å²) in [5.74, 6) is 0. The summed E-state index contributed by atoms with van der Waals surface area (Å²) in [5.41, 5.74) is 1.06. The Morgan fingerprint density at radius 1 is 1.62 bits per heavy atom. The van der Waals surface area contributed by atoms with Gasteiger partial charge in [-0.2, -0.15) is 0 Å². The van der Waals surface area contributed by atoms with E-state index in [1.165, 1.54) is 0 Å². The van der Waals surface area contributed by atoms with Crippen molar-refractivity contribution in [3.05, 3.63) is 0 Å². The zero-order valence-corrected chi connectivity index (χ0v) is 5.77. The Bertz CT molecular complexity index is 78.6. The molecule has 48 valence electrons. The molecule has 0 aliphatic carbocycles. The van der Waals surface area contributed by atoms with Gasteiger partial charge in [-0.15, -0.1) is 0 Å². The normalized spacial score (nSPS) is 11.6. The third-order valence-corrected chi connectivity index (χ3v) is 0.859. The lowest BCUT2D eigenvalue weighted by atomic mass is 10.2. The van der Waals surface area contributed by atoms with Crippen LogP contribution in [0.4, 0.5) is 0 Å². The summed E-state index contributed by atoms with van der Waals surface area (Å²) >= 11 is 0. The number of oxime groups is 1. The van der Waals surface area contributed by atoms with E-state index in [9.17, 15) is 0 Å². The van der Waals surface area contributed by atoms with Crippen LogP contribution in [0.5, 0.6) is 0 Å². The van der Waals surface area contributed by atoms with Crippen LogP contribution in [0.2, 0.25) is 0 Å². The molecular weight excluding hydrogens is 102 g/mol. The summed E-state index contributed by atoms with van der Waals surface area (Å²) in [5, 5.41) is 3.73. The molecule has 0 aromatic carbocycles. The van der Waals surface area contributed by atoms with Gasteiger partial charge in [0.05, 0.1) is 5.71 Å². The van der Waals surface area contributed by atoms with Crippen LogP contribution in [0.15, 0.2) is 5.16 Å². The average Bonchev–Trinajstić information content (AvgIpc) is 1.68. The van der Waals surface area contributed by atoms with Gasteiger partial charge in [0, 0.05) is 0 Å². The first-order valence-electron chi connectivity index (χ1n) is 2.88. The van der Waals surface area contributed by atoms with Gasteiger partial charge in [0.1, 0.15) is 7.11 Å². The molecule has 0 saturated heterocycles. The molecule has 0 aromatic heterocycles. The van der Waals surface area contributed by atoms with Gasteiger partial charge in [0.15, 0.2) is 0 Å². The highest BCUT2D eigenvalue weighted by Gasteiger charge is 1.85. The van der Waals surface area contributed by atoms with E-state index >= 15 is 0 Å². The highest BCUT2D eigenvalue weighted by atomic mass is 16.6. The number of nitrogens with zero attached hydrogens (tertiary/aromatic N) is 1. The smallest absolute Gasteiger partial charge is 0.106 e. The third kappa shape index (κ3) is 3.65. The lowest BCUT2D eigenvalue weighted by Gasteiger charge is -1.92. The molecule has 0 aliphatic rings. The van der Waals surface area contributed by atoms with E-state index in [0.29, 0.717) is 0 Å². The standard InChI is InChI=1S/C6H13NO/c1-4-5-6(2)7-8-3/h4-5H2,1-3H3/b7-6-. The van der Waals surface area contributed by atoms with Crippen molar-refractivity contribution in [2.75, 3.05) is 7.11 Å². The molecular formula is C6H13NO. The third-order valence-electron chi connectivity index (χ3n) is 0.859. The van der Waals surface area contributed by atoms with E-state index in [0.717, 1.165) is 18.6 Å². The quantitative estimate of drug-likeness (QED) is 0.406. The molecule has 0 rings (SSSR count). The average molecular weight is 115 g/mol. The minimum absolute atomic E-state index is 1.04. The van der Waals surface area contributed by atoms with E-state index in [1.54, 1.807) is 7.11 Å². The zero-order valence-electron chi connectivity index (χ0n) is 5.77. The van der Waals surface area contributed by atoms with Crippen molar-refractivity contribution in [1.82, 2.24) is 0 Å². The Hall–Kier alpha value is -0.530. The van der Waals surface area contributed by atoms with Crippen LogP contribution in [-0.4, -0.2) is 12.8 Å². The molecule has 0 bridgehead atoms. The molecule has 0 N–H and O–H groups in total. The van der Waals surface area contributed by atoms with Crippen LogP contribution < -0.4 is 0 Å². The van der Waals surface area contributed by atoms with Gasteiger partial charge < -0.3 is 4.84 Å². The van der Waals surface area contributed by atoms with E-state index in [4.69, 9.17) is 0 Å². The summed E-state index contributed by atoms with van der Waals surface area (Å²) in [4.78, 5) is 4.54. The first kappa shape index (κ1) is 7.47. The molecule has 0 heterocycles. The summed E-state index contributed by atoms with van der Waals surface area (Å²) < 4.78 is 0. The molecule has 2 nitrogen and oxygen atoms in total. The van der Waals surface area contributed by atoms with Crippen LogP contribution in [0, 0.1) is 0 Å². The molecule has 0 radical (unpaired) electrons. The fraction of sp³-hybridized carbons (Fsp3) is 0.833. The van der Waals surface area contributed by atoms with Gasteiger partial charge in [-0.1, -0.05) is 18.5 Å². The molecule has 8 heavy (non-hydrogen) atoms. The number of hydrogen-bond donors (Lipinski definition) is 0. The van der Waals surface area contributed by atoms with Gasteiger partial charge in [0.25, 0.3) is 0 Å². The Morgan fingerprint density at radius 3 is 2.62 bits per heavy atom. The second-order valence-corrected chi connectivity index (χ2v) is 1.76. The Balaban J connectivity index is 3.29. The van der Waals surface area contributed by atoms with E-state index in [2.05, 4.69) is 16.9 Å². The molecule has 0 spiro atoms. The Kier molecular flexibility index (Phi) is 4.32. The second kappa shape index (κ2) is 4.62. The van der Waals surface area contributed by atoms with Crippen molar-refractivity contribution in [1.29, 1.82) is 0 Å². The van der Waals surface area contributed by atoms with Crippen molar-refractivity contribution in [3.8, 4) is 0 Å². The summed E-state index contributed by atoms with van der Waals surface area (Å²) in [6, 6.07) is 0. The largest absolute Gasteiger partial charge is 0.399 e. The lowest BCUT2D eigenvalue weighted by Crippen LogP contribution is -1.89. The first-order chi connectivity index (χ1) is 3.81. The number of hydrogen-bond acceptors (Lipinski definition) is 2. The second-order valence-electron chi connectivity index (χ2n) is 1.76. The number of rotatable bonds is 3. The Morgan fingerprint density at radius 2 is 2.25 bits per heavy atom. The van der Waals surface area contributed by atoms with Gasteiger partial charge in [-0.3, -0.25) is 0 Å². The maximum atomic E-state index is 4.54. The molecule has 0 atom stereocenters. The van der Waals surface area contributed by atoms with Gasteiger partial charge in [-0.25, -0.2) is 0 Å². The first-order valence-corrected chi connectivity index (χ1v) is 2.88. The fourth-order valence-corrected chi connectivity index (χ4v) is 0.563. The fourth-order valence-electron chi connectivity index (χ4n) is 0.563. The molecule has 0 aliphatic heterocycles. The van der Waals surface area contributed by atoms with Crippen LogP contribution in [0.1, 0.15) is 26.7 Å². The highest BCUT2D eigenvalue weighted by Crippen LogP contribution is 1.90. The van der Waals surface area contributed by atoms with Crippen molar-refractivity contribution >= 4 is 5.71 Å². The summed E-state index contributed by atoms with van der Waals surface area (Å²) in [6.45, 7) is 4.08. The zero-order chi connectivity index (χ0) is 6.41. The monoisotopic (exact) mass is 115 g/mol. The van der Waals surface area contributed by atoms with E-state index in [-0.39, 0.29) is 0 Å². The topological polar surface area (TPSA) is 21.6 Å².